The van der Waals surface area contributed by atoms with E-state index in [0.717, 1.165) is 20.2 Å². The number of rotatable bonds is 3. The van der Waals surface area contributed by atoms with Crippen LogP contribution in [0.1, 0.15) is 29.1 Å². The fourth-order valence-electron chi connectivity index (χ4n) is 2.16. The average Bonchev–Trinajstić information content (AvgIpc) is 3.10. The molecule has 3 rings (SSSR count). The van der Waals surface area contributed by atoms with Crippen molar-refractivity contribution in [1.29, 1.82) is 0 Å². The van der Waals surface area contributed by atoms with Crippen molar-refractivity contribution in [3.63, 3.8) is 0 Å². The van der Waals surface area contributed by atoms with E-state index in [1.54, 1.807) is 23.1 Å². The number of carbonyl (C=O) groups is 1. The van der Waals surface area contributed by atoms with E-state index >= 15 is 0 Å². The fourth-order valence-corrected chi connectivity index (χ4v) is 2.77. The lowest BCUT2D eigenvalue weighted by molar-refractivity contribution is 0.0929. The van der Waals surface area contributed by atoms with E-state index in [0.29, 0.717) is 5.69 Å². The van der Waals surface area contributed by atoms with Crippen LogP contribution in [-0.2, 0) is 14.1 Å². The van der Waals surface area contributed by atoms with Gasteiger partial charge in [-0.05, 0) is 6.92 Å². The molecule has 1 amide bonds. The topological polar surface area (TPSA) is 103 Å². The van der Waals surface area contributed by atoms with Gasteiger partial charge in [0.25, 0.3) is 11.5 Å². The molecule has 1 N–H and O–H groups in total. The van der Waals surface area contributed by atoms with Gasteiger partial charge in [0.2, 0.25) is 4.96 Å². The second kappa shape index (κ2) is 5.47. The fraction of sp³-hybridized carbons (Fsp3) is 0.308. The third-order valence-electron chi connectivity index (χ3n) is 3.55. The summed E-state index contributed by atoms with van der Waals surface area (Å²) >= 11 is 1.39. The van der Waals surface area contributed by atoms with Crippen molar-refractivity contribution in [2.24, 2.45) is 14.1 Å². The Balaban J connectivity index is 1.88. The number of hydrogen-bond acceptors (Lipinski definition) is 6. The van der Waals surface area contributed by atoms with Crippen LogP contribution in [-0.4, -0.2) is 29.6 Å². The summed E-state index contributed by atoms with van der Waals surface area (Å²) < 4.78 is 3.70. The molecule has 3 heterocycles. The molecule has 10 heteroatoms. The van der Waals surface area contributed by atoms with Crippen LogP contribution in [0.5, 0.6) is 0 Å². The van der Waals surface area contributed by atoms with Gasteiger partial charge < -0.3 is 5.32 Å². The van der Waals surface area contributed by atoms with E-state index in [9.17, 15) is 14.4 Å². The van der Waals surface area contributed by atoms with Gasteiger partial charge in [-0.25, -0.2) is 14.3 Å². The number of hydrogen-bond donors (Lipinski definition) is 1. The third kappa shape index (κ3) is 2.57. The Bertz CT molecular complexity index is 982. The van der Waals surface area contributed by atoms with Crippen LogP contribution in [0.2, 0.25) is 0 Å². The van der Waals surface area contributed by atoms with Crippen LogP contribution in [0, 0.1) is 0 Å². The molecule has 0 bridgehead atoms. The maximum atomic E-state index is 12.4. The van der Waals surface area contributed by atoms with Crippen LogP contribution in [0.25, 0.3) is 4.96 Å². The molecular formula is C13H14N6O3S. The van der Waals surface area contributed by atoms with Crippen molar-refractivity contribution in [3.05, 3.63) is 50.0 Å². The summed E-state index contributed by atoms with van der Waals surface area (Å²) in [6, 6.07) is 0.743. The molecule has 0 spiro atoms. The Kier molecular flexibility index (Phi) is 3.60. The zero-order valence-electron chi connectivity index (χ0n) is 12.7. The molecule has 1 atom stereocenters. The molecule has 0 aliphatic rings. The number of nitrogens with one attached hydrogen (secondary N) is 1. The van der Waals surface area contributed by atoms with E-state index < -0.39 is 23.2 Å². The number of imidazole rings is 1. The predicted octanol–water partition coefficient (Wildman–Crippen LogP) is -0.321. The average molecular weight is 334 g/mol. The highest BCUT2D eigenvalue weighted by atomic mass is 32.1. The minimum absolute atomic E-state index is 0.00379. The van der Waals surface area contributed by atoms with Gasteiger partial charge in [0.1, 0.15) is 11.2 Å². The van der Waals surface area contributed by atoms with E-state index in [1.807, 2.05) is 0 Å². The minimum Gasteiger partial charge on any atom is -0.343 e. The zero-order chi connectivity index (χ0) is 16.7. The highest BCUT2D eigenvalue weighted by Crippen LogP contribution is 2.15. The molecule has 120 valence electrons. The van der Waals surface area contributed by atoms with Crippen molar-refractivity contribution < 1.29 is 4.79 Å². The van der Waals surface area contributed by atoms with E-state index in [2.05, 4.69) is 15.4 Å². The minimum atomic E-state index is -0.554. The van der Waals surface area contributed by atoms with Crippen LogP contribution in [0.4, 0.5) is 0 Å². The molecule has 3 aromatic rings. The molecule has 3 aromatic heterocycles. The maximum Gasteiger partial charge on any atom is 0.331 e. The Morgan fingerprint density at radius 3 is 2.74 bits per heavy atom. The summed E-state index contributed by atoms with van der Waals surface area (Å²) in [7, 11) is 2.80. The van der Waals surface area contributed by atoms with Crippen LogP contribution in [0.15, 0.2) is 27.4 Å². The molecule has 0 fully saturated rings. The van der Waals surface area contributed by atoms with E-state index in [4.69, 9.17) is 0 Å². The van der Waals surface area contributed by atoms with Crippen molar-refractivity contribution >= 4 is 22.2 Å². The first kappa shape index (κ1) is 15.2. The maximum absolute atomic E-state index is 12.4. The molecule has 0 radical (unpaired) electrons. The summed E-state index contributed by atoms with van der Waals surface area (Å²) in [4.78, 5) is 41.0. The first-order valence-corrected chi connectivity index (χ1v) is 7.63. The highest BCUT2D eigenvalue weighted by Gasteiger charge is 2.18. The first-order valence-electron chi connectivity index (χ1n) is 6.75. The van der Waals surface area contributed by atoms with Gasteiger partial charge in [-0.3, -0.25) is 18.7 Å². The van der Waals surface area contributed by atoms with Gasteiger partial charge in [-0.15, -0.1) is 0 Å². The Morgan fingerprint density at radius 2 is 2.04 bits per heavy atom. The lowest BCUT2D eigenvalue weighted by Gasteiger charge is -2.13. The van der Waals surface area contributed by atoms with Crippen LogP contribution < -0.4 is 16.6 Å². The van der Waals surface area contributed by atoms with Crippen molar-refractivity contribution in [1.82, 2.24) is 29.0 Å². The lowest BCUT2D eigenvalue weighted by Crippen LogP contribution is -2.41. The Morgan fingerprint density at radius 1 is 1.30 bits per heavy atom. The molecule has 0 aromatic carbocycles. The second-order valence-corrected chi connectivity index (χ2v) is 5.91. The van der Waals surface area contributed by atoms with Crippen molar-refractivity contribution in [3.8, 4) is 0 Å². The molecular weight excluding hydrogens is 320 g/mol. The van der Waals surface area contributed by atoms with Gasteiger partial charge >= 0.3 is 5.69 Å². The molecule has 9 nitrogen and oxygen atoms in total. The Labute approximate surface area is 133 Å². The third-order valence-corrected chi connectivity index (χ3v) is 4.24. The molecule has 0 unspecified atom stereocenters. The van der Waals surface area contributed by atoms with E-state index in [1.165, 1.54) is 25.4 Å². The SMILES string of the molecule is C[C@H](NC(=O)c1cc(=O)n(C)c(=O)n1C)c1cn2ncsc2n1. The number of nitrogens with zero attached hydrogens (tertiary/aromatic N) is 5. The van der Waals surface area contributed by atoms with Gasteiger partial charge in [-0.2, -0.15) is 5.10 Å². The molecule has 23 heavy (non-hydrogen) atoms. The Hall–Kier alpha value is -2.75. The number of fused-ring (bicyclic) bond motifs is 1. The molecule has 0 aliphatic carbocycles. The van der Waals surface area contributed by atoms with Gasteiger partial charge in [-0.1, -0.05) is 11.3 Å². The first-order chi connectivity index (χ1) is 10.9. The number of amides is 1. The summed E-state index contributed by atoms with van der Waals surface area (Å²) in [6.07, 6.45) is 1.72. The summed E-state index contributed by atoms with van der Waals surface area (Å²) in [6.45, 7) is 1.77. The van der Waals surface area contributed by atoms with Gasteiger partial charge in [0.15, 0.2) is 0 Å². The predicted molar refractivity (Wildman–Crippen MR) is 83.7 cm³/mol. The van der Waals surface area contributed by atoms with Crippen LogP contribution >= 0.6 is 11.3 Å². The van der Waals surface area contributed by atoms with Gasteiger partial charge in [0, 0.05) is 20.2 Å². The monoisotopic (exact) mass is 334 g/mol. The molecule has 0 saturated heterocycles. The van der Waals surface area contributed by atoms with Crippen LogP contribution in [0.3, 0.4) is 0 Å². The molecule has 0 aliphatic heterocycles. The quantitative estimate of drug-likeness (QED) is 0.707. The largest absolute Gasteiger partial charge is 0.343 e. The van der Waals surface area contributed by atoms with Crippen molar-refractivity contribution in [2.75, 3.05) is 0 Å². The summed E-state index contributed by atoms with van der Waals surface area (Å²) in [5, 5.41) is 6.81. The smallest absolute Gasteiger partial charge is 0.331 e. The number of carbonyl (C=O) groups excluding carboxylic acids is 1. The lowest BCUT2D eigenvalue weighted by atomic mass is 10.2. The normalized spacial score (nSPS) is 12.5. The highest BCUT2D eigenvalue weighted by molar-refractivity contribution is 7.14. The zero-order valence-corrected chi connectivity index (χ0v) is 13.5. The molecule has 0 saturated carbocycles. The van der Waals surface area contributed by atoms with Crippen molar-refractivity contribution in [2.45, 2.75) is 13.0 Å². The summed E-state index contributed by atoms with van der Waals surface area (Å²) in [5.41, 5.74) is 1.24. The van der Waals surface area contributed by atoms with E-state index in [-0.39, 0.29) is 5.69 Å². The second-order valence-electron chi connectivity index (χ2n) is 5.10. The number of aromatic nitrogens is 5. The standard InChI is InChI=1S/C13H14N6O3S/c1-7(8-5-19-12(16-8)23-6-14-19)15-11(21)9-4-10(20)18(3)13(22)17(9)2/h4-7H,1-3H3,(H,15,21)/t7-/m0/s1. The van der Waals surface area contributed by atoms with Gasteiger partial charge in [0.05, 0.1) is 17.9 Å². The summed E-state index contributed by atoms with van der Waals surface area (Å²) in [5.74, 6) is -0.515.